The summed E-state index contributed by atoms with van der Waals surface area (Å²) in [7, 11) is 0. The van der Waals surface area contributed by atoms with Gasteiger partial charge in [0, 0.05) is 37.9 Å². The molecule has 2 atom stereocenters. The van der Waals surface area contributed by atoms with Crippen molar-refractivity contribution in [3.63, 3.8) is 0 Å². The van der Waals surface area contributed by atoms with Crippen molar-refractivity contribution in [3.8, 4) is 44.9 Å². The summed E-state index contributed by atoms with van der Waals surface area (Å²) in [5.74, 6) is 2.02. The standard InChI is InChI=1S/C77H65NOS/c1-50-22-14-17-29-62(50)76(54-25-12-9-13-26-54)64-31-19-21-33-70(64)79-71-43-41-58(49-66(71)76)78(69-32-20-16-27-59(69)53-36-34-52(35-37-53)51-23-10-8-11-24-51)57-40-42-61-60-28-15-18-30-63(60)77(65(61)48-57)67-46-55(74(2,3)4)38-44-72(67)80-73-45-39-56(47-68(73)77)75(5,6)7/h8-21,23-50H,22H2,1-7H3. The van der Waals surface area contributed by atoms with E-state index in [-0.39, 0.29) is 16.7 Å². The number of para-hydroxylation sites is 2. The molecule has 390 valence electrons. The molecule has 0 N–H and O–H groups in total. The smallest absolute Gasteiger partial charge is 0.132 e. The molecule has 2 nitrogen and oxygen atoms in total. The van der Waals surface area contributed by atoms with Crippen LogP contribution in [0.5, 0.6) is 11.5 Å². The maximum atomic E-state index is 7.11. The normalized spacial score (nSPS) is 17.2. The Hall–Kier alpha value is -8.37. The highest BCUT2D eigenvalue weighted by atomic mass is 32.2. The third kappa shape index (κ3) is 7.76. The molecule has 10 aromatic rings. The molecule has 0 saturated carbocycles. The van der Waals surface area contributed by atoms with Crippen molar-refractivity contribution in [3.05, 3.63) is 304 Å². The van der Waals surface area contributed by atoms with Gasteiger partial charge in [-0.2, -0.15) is 0 Å². The average Bonchev–Trinajstić information content (AvgIpc) is 2.14. The van der Waals surface area contributed by atoms with Crippen LogP contribution in [0, 0.1) is 5.92 Å². The number of nitrogens with zero attached hydrogens (tertiary/aromatic N) is 1. The summed E-state index contributed by atoms with van der Waals surface area (Å²) in [6.07, 6.45) is 7.92. The Labute approximate surface area is 477 Å². The van der Waals surface area contributed by atoms with Crippen molar-refractivity contribution >= 4 is 28.8 Å². The van der Waals surface area contributed by atoms with E-state index >= 15 is 0 Å². The first-order valence-electron chi connectivity index (χ1n) is 28.5. The second-order valence-electron chi connectivity index (χ2n) is 24.4. The Balaban J connectivity index is 1.07. The van der Waals surface area contributed by atoms with E-state index in [0.29, 0.717) is 0 Å². The Morgan fingerprint density at radius 2 is 0.975 bits per heavy atom. The summed E-state index contributed by atoms with van der Waals surface area (Å²) in [4.78, 5) is 5.15. The van der Waals surface area contributed by atoms with Gasteiger partial charge in [0.2, 0.25) is 0 Å². The molecule has 0 amide bonds. The van der Waals surface area contributed by atoms with Gasteiger partial charge in [-0.3, -0.25) is 0 Å². The van der Waals surface area contributed by atoms with Crippen molar-refractivity contribution in [1.82, 2.24) is 0 Å². The summed E-state index contributed by atoms with van der Waals surface area (Å²) < 4.78 is 7.11. The monoisotopic (exact) mass is 1050 g/mol. The van der Waals surface area contributed by atoms with E-state index in [0.717, 1.165) is 57.2 Å². The molecule has 2 heterocycles. The van der Waals surface area contributed by atoms with E-state index in [1.54, 1.807) is 0 Å². The predicted octanol–water partition coefficient (Wildman–Crippen LogP) is 20.9. The second-order valence-corrected chi connectivity index (χ2v) is 25.5. The molecule has 3 heteroatoms. The van der Waals surface area contributed by atoms with Gasteiger partial charge in [-0.25, -0.2) is 0 Å². The molecule has 2 aliphatic heterocycles. The third-order valence-electron chi connectivity index (χ3n) is 17.7. The lowest BCUT2D eigenvalue weighted by atomic mass is 9.59. The molecule has 10 aromatic carbocycles. The van der Waals surface area contributed by atoms with Crippen molar-refractivity contribution in [2.24, 2.45) is 5.92 Å². The minimum Gasteiger partial charge on any atom is -0.457 e. The van der Waals surface area contributed by atoms with Gasteiger partial charge in [0.15, 0.2) is 0 Å². The van der Waals surface area contributed by atoms with Crippen LogP contribution in [0.2, 0.25) is 0 Å². The fraction of sp³-hybridized carbons (Fsp3) is 0.169. The van der Waals surface area contributed by atoms with Crippen molar-refractivity contribution in [2.75, 3.05) is 4.90 Å². The van der Waals surface area contributed by atoms with Gasteiger partial charge in [-0.15, -0.1) is 0 Å². The summed E-state index contributed by atoms with van der Waals surface area (Å²) in [5, 5.41) is 0. The van der Waals surface area contributed by atoms with Crippen LogP contribution in [-0.4, -0.2) is 0 Å². The fourth-order valence-corrected chi connectivity index (χ4v) is 14.9. The van der Waals surface area contributed by atoms with Gasteiger partial charge in [0.05, 0.1) is 16.5 Å². The first-order chi connectivity index (χ1) is 38.8. The average molecular weight is 1050 g/mol. The molecular weight excluding hydrogens is 987 g/mol. The number of ether oxygens (including phenoxy) is 1. The molecule has 0 radical (unpaired) electrons. The number of benzene rings is 10. The molecule has 0 fully saturated rings. The van der Waals surface area contributed by atoms with E-state index in [4.69, 9.17) is 4.74 Å². The quantitative estimate of drug-likeness (QED) is 0.158. The van der Waals surface area contributed by atoms with Crippen LogP contribution in [0.4, 0.5) is 17.1 Å². The SMILES string of the molecule is CC1CC=CC=C1C1(c2ccccc2)c2ccccc2Oc2ccc(N(c3ccc4c(c3)C3(c5cc(C(C)(C)C)ccc5Sc5ccc(C(C)(C)C)cc53)c3ccccc3-4)c3ccccc3-c3ccc(-c4ccccc4)cc3)cc21. The van der Waals surface area contributed by atoms with Gasteiger partial charge in [-0.1, -0.05) is 254 Å². The van der Waals surface area contributed by atoms with Crippen LogP contribution in [0.25, 0.3) is 33.4 Å². The predicted molar refractivity (Wildman–Crippen MR) is 335 cm³/mol. The van der Waals surface area contributed by atoms with Gasteiger partial charge in [0.1, 0.15) is 11.5 Å². The van der Waals surface area contributed by atoms with E-state index in [1.165, 1.54) is 76.6 Å². The molecule has 14 rings (SSSR count). The molecule has 1 spiro atoms. The van der Waals surface area contributed by atoms with E-state index in [9.17, 15) is 0 Å². The maximum Gasteiger partial charge on any atom is 0.132 e. The zero-order valence-electron chi connectivity index (χ0n) is 46.7. The highest BCUT2D eigenvalue weighted by Gasteiger charge is 2.52. The van der Waals surface area contributed by atoms with Crippen LogP contribution in [0.15, 0.2) is 264 Å². The number of anilines is 3. The van der Waals surface area contributed by atoms with Gasteiger partial charge >= 0.3 is 0 Å². The first kappa shape index (κ1) is 49.9. The van der Waals surface area contributed by atoms with Crippen LogP contribution in [-0.2, 0) is 21.7 Å². The molecule has 2 unspecified atom stereocenters. The highest BCUT2D eigenvalue weighted by molar-refractivity contribution is 7.99. The second kappa shape index (κ2) is 18.9. The van der Waals surface area contributed by atoms with Crippen LogP contribution in [0.1, 0.15) is 105 Å². The number of allylic oxidation sites excluding steroid dienone is 4. The summed E-state index contributed by atoms with van der Waals surface area (Å²) in [5.41, 5.74) is 21.9. The number of hydrogen-bond acceptors (Lipinski definition) is 3. The van der Waals surface area contributed by atoms with Crippen molar-refractivity contribution < 1.29 is 4.74 Å². The zero-order chi connectivity index (χ0) is 54.5. The third-order valence-corrected chi connectivity index (χ3v) is 18.8. The minimum absolute atomic E-state index is 0.0650. The molecule has 4 aliphatic rings. The Morgan fingerprint density at radius 3 is 1.65 bits per heavy atom. The van der Waals surface area contributed by atoms with Crippen LogP contribution in [0.3, 0.4) is 0 Å². The Morgan fingerprint density at radius 1 is 0.438 bits per heavy atom. The Kier molecular flexibility index (Phi) is 11.8. The maximum absolute atomic E-state index is 7.11. The summed E-state index contributed by atoms with van der Waals surface area (Å²) >= 11 is 1.92. The highest BCUT2D eigenvalue weighted by Crippen LogP contribution is 2.64. The lowest BCUT2D eigenvalue weighted by Gasteiger charge is -2.45. The van der Waals surface area contributed by atoms with Crippen molar-refractivity contribution in [2.45, 2.75) is 86.3 Å². The van der Waals surface area contributed by atoms with E-state index in [1.807, 2.05) is 11.8 Å². The topological polar surface area (TPSA) is 12.5 Å². The number of hydrogen-bond donors (Lipinski definition) is 0. The summed E-state index contributed by atoms with van der Waals surface area (Å²) in [6.45, 7) is 16.5. The van der Waals surface area contributed by atoms with Gasteiger partial charge < -0.3 is 9.64 Å². The molecular formula is C77H65NOS. The van der Waals surface area contributed by atoms with Crippen LogP contribution < -0.4 is 9.64 Å². The zero-order valence-corrected chi connectivity index (χ0v) is 47.5. The van der Waals surface area contributed by atoms with Gasteiger partial charge in [0.25, 0.3) is 0 Å². The van der Waals surface area contributed by atoms with E-state index < -0.39 is 10.8 Å². The Bertz CT molecular complexity index is 4070. The molecule has 0 aromatic heterocycles. The molecule has 0 bridgehead atoms. The largest absolute Gasteiger partial charge is 0.457 e. The lowest BCUT2D eigenvalue weighted by Crippen LogP contribution is -2.37. The lowest BCUT2D eigenvalue weighted by molar-refractivity contribution is 0.421. The molecule has 0 saturated heterocycles. The minimum atomic E-state index is -0.656. The number of fused-ring (bicyclic) bond motifs is 11. The summed E-state index contributed by atoms with van der Waals surface area (Å²) in [6, 6.07) is 87.0. The van der Waals surface area contributed by atoms with Crippen LogP contribution >= 0.6 is 11.8 Å². The number of rotatable bonds is 7. The molecule has 2 aliphatic carbocycles. The first-order valence-corrected chi connectivity index (χ1v) is 29.3. The van der Waals surface area contributed by atoms with Gasteiger partial charge in [-0.05, 0) is 150 Å². The molecule has 80 heavy (non-hydrogen) atoms. The fourth-order valence-electron chi connectivity index (χ4n) is 13.7. The van der Waals surface area contributed by atoms with Crippen molar-refractivity contribution in [1.29, 1.82) is 0 Å². The van der Waals surface area contributed by atoms with E-state index in [2.05, 4.69) is 302 Å².